The summed E-state index contributed by atoms with van der Waals surface area (Å²) >= 11 is -0.258. The second-order valence-electron chi connectivity index (χ2n) is 4.85. The second kappa shape index (κ2) is 7.38. The molecular formula is C15H12Cl2N4Ti. The average Bonchev–Trinajstić information content (AvgIpc) is 3.19. The summed E-state index contributed by atoms with van der Waals surface area (Å²) in [7, 11) is 0. The molecule has 1 unspecified atom stereocenters. The van der Waals surface area contributed by atoms with Crippen molar-refractivity contribution in [2.45, 2.75) is 10.6 Å². The number of nitrogens with zero attached hydrogens (tertiary/aromatic N) is 4. The molecule has 22 heavy (non-hydrogen) atoms. The van der Waals surface area contributed by atoms with Gasteiger partial charge in [0.1, 0.15) is 0 Å². The Morgan fingerprint density at radius 3 is 2.77 bits per heavy atom. The second-order valence-corrected chi connectivity index (χ2v) is 7.21. The number of aromatic nitrogens is 4. The minimum atomic E-state index is -0.258. The van der Waals surface area contributed by atoms with Crippen LogP contribution in [0.2, 0.25) is 0 Å². The first-order chi connectivity index (χ1) is 9.92. The number of halogens is 2. The third-order valence-electron chi connectivity index (χ3n) is 3.62. The van der Waals surface area contributed by atoms with Gasteiger partial charge < -0.3 is 24.8 Å². The number of tetrazole rings is 1. The molecule has 2 aliphatic carbocycles. The summed E-state index contributed by atoms with van der Waals surface area (Å²) in [5, 5.41) is 11.6. The summed E-state index contributed by atoms with van der Waals surface area (Å²) in [6.45, 7) is 0. The van der Waals surface area contributed by atoms with Crippen molar-refractivity contribution >= 4 is 11.8 Å². The van der Waals surface area contributed by atoms with Crippen LogP contribution in [-0.2, 0) is 19.2 Å². The van der Waals surface area contributed by atoms with E-state index in [1.165, 1.54) is 16.8 Å². The Hall–Kier alpha value is -1.20. The first kappa shape index (κ1) is 17.2. The van der Waals surface area contributed by atoms with Gasteiger partial charge in [-0.3, -0.25) is 0 Å². The predicted molar refractivity (Wildman–Crippen MR) is 73.0 cm³/mol. The van der Waals surface area contributed by atoms with E-state index in [1.807, 2.05) is 4.68 Å². The van der Waals surface area contributed by atoms with Gasteiger partial charge in [0.15, 0.2) is 0 Å². The molecule has 0 aliphatic heterocycles. The molecule has 0 fully saturated rings. The van der Waals surface area contributed by atoms with Gasteiger partial charge in [0.05, 0.1) is 0 Å². The topological polar surface area (TPSA) is 43.6 Å². The van der Waals surface area contributed by atoms with E-state index in [0.717, 1.165) is 6.42 Å². The van der Waals surface area contributed by atoms with Gasteiger partial charge in [-0.1, -0.05) is 0 Å². The van der Waals surface area contributed by atoms with Crippen molar-refractivity contribution in [3.8, 4) is 0 Å². The smallest absolute Gasteiger partial charge is 1.00 e. The predicted octanol–water partition coefficient (Wildman–Crippen LogP) is -3.34. The molecule has 1 heterocycles. The number of allylic oxidation sites excluding steroid dienone is 5. The van der Waals surface area contributed by atoms with Crippen molar-refractivity contribution in [3.63, 3.8) is 0 Å². The molecule has 110 valence electrons. The Bertz CT molecular complexity index is 738. The maximum absolute atomic E-state index is 4.08. The fourth-order valence-electron chi connectivity index (χ4n) is 2.68. The van der Waals surface area contributed by atoms with Gasteiger partial charge in [0.25, 0.3) is 0 Å². The molecule has 1 aromatic heterocycles. The normalized spacial score (nSPS) is 17.7. The van der Waals surface area contributed by atoms with Crippen LogP contribution in [0.25, 0.3) is 11.8 Å². The Labute approximate surface area is 150 Å². The molecule has 7 heteroatoms. The van der Waals surface area contributed by atoms with Crippen molar-refractivity contribution < 1.29 is 44.0 Å². The monoisotopic (exact) mass is 366 g/mol. The van der Waals surface area contributed by atoms with Gasteiger partial charge in [-0.05, 0) is 0 Å². The molecule has 4 nitrogen and oxygen atoms in total. The van der Waals surface area contributed by atoms with Gasteiger partial charge >= 0.3 is 126 Å². The van der Waals surface area contributed by atoms with Crippen LogP contribution in [0.1, 0.15) is 21.8 Å². The van der Waals surface area contributed by atoms with Crippen molar-refractivity contribution in [1.29, 1.82) is 0 Å². The zero-order valence-corrected chi connectivity index (χ0v) is 14.6. The summed E-state index contributed by atoms with van der Waals surface area (Å²) < 4.78 is 3.86. The first-order valence-corrected chi connectivity index (χ1v) is 8.26. The van der Waals surface area contributed by atoms with E-state index in [4.69, 9.17) is 0 Å². The Kier molecular flexibility index (Phi) is 5.76. The average molecular weight is 367 g/mol. The summed E-state index contributed by atoms with van der Waals surface area (Å²) in [5.41, 5.74) is 3.94. The zero-order chi connectivity index (χ0) is 13.4. The summed E-state index contributed by atoms with van der Waals surface area (Å²) in [4.78, 5) is 0. The van der Waals surface area contributed by atoms with Crippen molar-refractivity contribution in [2.24, 2.45) is 0 Å². The van der Waals surface area contributed by atoms with Crippen LogP contribution in [0, 0.1) is 0 Å². The summed E-state index contributed by atoms with van der Waals surface area (Å²) in [6, 6.07) is 8.62. The molecule has 0 radical (unpaired) electrons. The number of benzene rings is 1. The quantitative estimate of drug-likeness (QED) is 0.533. The molecule has 2 aliphatic rings. The van der Waals surface area contributed by atoms with E-state index in [-0.39, 0.29) is 44.0 Å². The van der Waals surface area contributed by atoms with Crippen LogP contribution in [0.4, 0.5) is 0 Å². The number of rotatable bonds is 3. The van der Waals surface area contributed by atoms with E-state index < -0.39 is 0 Å². The van der Waals surface area contributed by atoms with E-state index in [2.05, 4.69) is 64.1 Å². The van der Waals surface area contributed by atoms with E-state index in [9.17, 15) is 0 Å². The number of hydrogen-bond donors (Lipinski definition) is 0. The maximum atomic E-state index is 4.08. The van der Waals surface area contributed by atoms with E-state index in [1.54, 1.807) is 10.2 Å². The molecule has 0 saturated carbocycles. The third-order valence-corrected chi connectivity index (χ3v) is 6.18. The molecule has 0 spiro atoms. The molecule has 0 N–H and O–H groups in total. The van der Waals surface area contributed by atoms with Crippen LogP contribution in [0.15, 0.2) is 52.7 Å². The first-order valence-electron chi connectivity index (χ1n) is 6.58. The van der Waals surface area contributed by atoms with Crippen LogP contribution in [0.5, 0.6) is 0 Å². The molecule has 0 saturated heterocycles. The van der Waals surface area contributed by atoms with E-state index >= 15 is 0 Å². The number of hydrogen-bond acceptors (Lipinski definition) is 3. The Morgan fingerprint density at radius 1 is 1.18 bits per heavy atom. The molecule has 0 bridgehead atoms. The van der Waals surface area contributed by atoms with Crippen molar-refractivity contribution in [3.05, 3.63) is 63.8 Å². The van der Waals surface area contributed by atoms with Gasteiger partial charge in [-0.2, -0.15) is 0 Å². The van der Waals surface area contributed by atoms with Gasteiger partial charge in [0.2, 0.25) is 0 Å². The van der Waals surface area contributed by atoms with E-state index in [0.29, 0.717) is 4.22 Å². The standard InChI is InChI=1S/C10H7N4.C5H5.2ClH.Ti/c1-2-4-9-6-10(5-8(9)3-1)14-7-11-12-13-14;1-2-4-5-3-1;;;/h1-7H;1-3H,4H2;2*1H;/q;;;;+2/p-2. The third kappa shape index (κ3) is 3.11. The van der Waals surface area contributed by atoms with Crippen molar-refractivity contribution in [1.82, 2.24) is 20.2 Å². The molecule has 1 aromatic carbocycles. The fourth-order valence-corrected chi connectivity index (χ4v) is 5.15. The molecule has 2 aromatic rings. The Balaban J connectivity index is 0.000000882. The largest absolute Gasteiger partial charge is 1.00 e. The minimum absolute atomic E-state index is 0. The fraction of sp³-hybridized carbons (Fsp3) is 0.133. The van der Waals surface area contributed by atoms with Crippen LogP contribution < -0.4 is 24.8 Å². The zero-order valence-electron chi connectivity index (χ0n) is 11.5. The van der Waals surface area contributed by atoms with Crippen LogP contribution in [0.3, 0.4) is 0 Å². The number of fused-ring (bicyclic) bond motifs is 1. The van der Waals surface area contributed by atoms with Gasteiger partial charge in [-0.15, -0.1) is 0 Å². The molecular weight excluding hydrogens is 355 g/mol. The Morgan fingerprint density at radius 2 is 2.05 bits per heavy atom. The van der Waals surface area contributed by atoms with Crippen molar-refractivity contribution in [2.75, 3.05) is 0 Å². The van der Waals surface area contributed by atoms with Gasteiger partial charge in [0, 0.05) is 0 Å². The maximum Gasteiger partial charge on any atom is -1.00 e. The van der Waals surface area contributed by atoms with Gasteiger partial charge in [-0.25, -0.2) is 0 Å². The van der Waals surface area contributed by atoms with Crippen LogP contribution in [-0.4, -0.2) is 20.2 Å². The SMILES string of the molecule is C1=CC[C]([Ti+2][CH]2C(n3cnnn3)=Cc3ccccc32)=C1.[Cl-].[Cl-]. The molecule has 1 atom stereocenters. The molecule has 4 rings (SSSR count). The van der Waals surface area contributed by atoms with Crippen LogP contribution >= 0.6 is 0 Å². The molecule has 0 amide bonds. The minimum Gasteiger partial charge on any atom is -1.00 e. The summed E-state index contributed by atoms with van der Waals surface area (Å²) in [6.07, 6.45) is 11.7. The summed E-state index contributed by atoms with van der Waals surface area (Å²) in [5.74, 6) is 0.